The predicted molar refractivity (Wildman–Crippen MR) is 384 cm³/mol. The number of fused-ring (bicyclic) bond motifs is 4. The van der Waals surface area contributed by atoms with Gasteiger partial charge in [-0.15, -0.1) is 0 Å². The molecule has 7 heterocycles. The van der Waals surface area contributed by atoms with Gasteiger partial charge in [0.15, 0.2) is 5.95 Å². The highest BCUT2D eigenvalue weighted by Gasteiger charge is 2.29. The van der Waals surface area contributed by atoms with Crippen molar-refractivity contribution in [3.8, 4) is 34.3 Å². The van der Waals surface area contributed by atoms with Crippen LogP contribution in [-0.2, 0) is 20.4 Å². The van der Waals surface area contributed by atoms with E-state index in [1.807, 2.05) is 57.2 Å². The van der Waals surface area contributed by atoms with Crippen LogP contribution in [0.3, 0.4) is 0 Å². The second-order valence-electron chi connectivity index (χ2n) is 28.6. The molecule has 94 heavy (non-hydrogen) atoms. The van der Waals surface area contributed by atoms with Crippen molar-refractivity contribution in [3.05, 3.63) is 132 Å². The van der Waals surface area contributed by atoms with Gasteiger partial charge in [-0.3, -0.25) is 19.4 Å². The summed E-state index contributed by atoms with van der Waals surface area (Å²) in [6, 6.07) is 41.7. The van der Waals surface area contributed by atoms with E-state index in [4.69, 9.17) is 47.2 Å². The number of halogens is 1. The molecule has 3 aliphatic rings. The average Bonchev–Trinajstić information content (AvgIpc) is 1.65. The Kier molecular flexibility index (Phi) is 21.1. The van der Waals surface area contributed by atoms with E-state index in [-0.39, 0.29) is 33.3 Å². The maximum absolute atomic E-state index is 13.0. The second kappa shape index (κ2) is 29.0. The van der Waals surface area contributed by atoms with Gasteiger partial charge >= 0.3 is 0 Å². The molecule has 13 rings (SSSR count). The fourth-order valence-corrected chi connectivity index (χ4v) is 11.5. The number of imidazole rings is 4. The van der Waals surface area contributed by atoms with Crippen LogP contribution in [0.5, 0.6) is 11.5 Å². The number of carbonyl (C=O) groups is 2. The normalized spacial score (nSPS) is 15.2. The zero-order chi connectivity index (χ0) is 67.1. The number of aromatic nitrogens is 8. The zero-order valence-corrected chi connectivity index (χ0v) is 57.7. The van der Waals surface area contributed by atoms with Crippen LogP contribution in [0, 0.1) is 10.8 Å². The molecule has 0 saturated carbocycles. The summed E-state index contributed by atoms with van der Waals surface area (Å²) in [4.78, 5) is 62.0. The number of H-pyrrole nitrogens is 3. The lowest BCUT2D eigenvalue weighted by molar-refractivity contribution is -0.118. The van der Waals surface area contributed by atoms with Crippen molar-refractivity contribution in [3.63, 3.8) is 0 Å². The topological polar surface area (TPSA) is 231 Å². The number of nitrogens with two attached hydrogens (primary N) is 2. The van der Waals surface area contributed by atoms with E-state index in [2.05, 4.69) is 171 Å². The van der Waals surface area contributed by atoms with Gasteiger partial charge in [-0.25, -0.2) is 24.5 Å². The second-order valence-corrected chi connectivity index (χ2v) is 29.0. The molecule has 0 spiro atoms. The quantitative estimate of drug-likeness (QED) is 0.0716. The van der Waals surface area contributed by atoms with Gasteiger partial charge in [0.2, 0.25) is 17.1 Å². The third-order valence-electron chi connectivity index (χ3n) is 17.2. The molecule has 0 radical (unpaired) electrons. The van der Waals surface area contributed by atoms with Crippen molar-refractivity contribution in [1.82, 2.24) is 49.3 Å². The molecule has 3 saturated heterocycles. The van der Waals surface area contributed by atoms with E-state index in [1.54, 1.807) is 20.8 Å². The monoisotopic (exact) mass is 1290 g/mol. The molecule has 3 fully saturated rings. The van der Waals surface area contributed by atoms with Gasteiger partial charge in [-0.2, -0.15) is 0 Å². The first-order chi connectivity index (χ1) is 44.7. The third-order valence-corrected chi connectivity index (χ3v) is 17.8. The molecule has 0 amide bonds. The van der Waals surface area contributed by atoms with Crippen LogP contribution in [0.15, 0.2) is 121 Å². The van der Waals surface area contributed by atoms with Crippen LogP contribution in [0.25, 0.3) is 66.9 Å². The SMILES string of the molecule is C1CCOC1.CC(C)(C)C(=O)Cl.CC(C)(C)C(=O)n1c(N)nc2c(OCCN3CCN(c4cccc5[nH]c(-c6ccc(C(C)(C)C)cc6)nc45)CC3)cccc21.CC(C)(C)c1ccc(-c2nc3c(N4CCN(CCOc5cccc6[nH]c(N)nc56)CC4)cccc3[nH]2)cc1. The molecule has 498 valence electrons. The molecule has 3 aliphatic heterocycles. The third kappa shape index (κ3) is 16.7. The Labute approximate surface area is 557 Å². The van der Waals surface area contributed by atoms with Crippen LogP contribution in [0.4, 0.5) is 23.3 Å². The summed E-state index contributed by atoms with van der Waals surface area (Å²) in [5.74, 6) is 3.72. The number of nitrogens with zero attached hydrogens (tertiary/aromatic N) is 9. The van der Waals surface area contributed by atoms with Crippen LogP contribution in [0.2, 0.25) is 0 Å². The lowest BCUT2D eigenvalue weighted by Gasteiger charge is -2.36. The molecule has 10 aromatic rings. The first-order valence-corrected chi connectivity index (χ1v) is 33.3. The number of nitrogen functional groups attached to an aromatic ring is 2. The summed E-state index contributed by atoms with van der Waals surface area (Å²) >= 11 is 5.11. The number of aromatic amines is 3. The van der Waals surface area contributed by atoms with E-state index in [0.717, 1.165) is 146 Å². The van der Waals surface area contributed by atoms with E-state index < -0.39 is 5.41 Å². The minimum absolute atomic E-state index is 0.0935. The molecule has 4 aromatic heterocycles. The summed E-state index contributed by atoms with van der Waals surface area (Å²) in [6.07, 6.45) is 2.56. The summed E-state index contributed by atoms with van der Waals surface area (Å²) in [5, 5.41) is -0.285. The van der Waals surface area contributed by atoms with Crippen LogP contribution in [-0.4, -0.2) is 152 Å². The van der Waals surface area contributed by atoms with Gasteiger partial charge in [0, 0.05) is 101 Å². The molecule has 0 bridgehead atoms. The number of piperazine rings is 2. The van der Waals surface area contributed by atoms with Gasteiger partial charge in [-0.1, -0.05) is 156 Å². The number of benzene rings is 6. The Balaban J connectivity index is 0.000000175. The van der Waals surface area contributed by atoms with Crippen molar-refractivity contribution in [1.29, 1.82) is 0 Å². The molecular weight excluding hydrogens is 1200 g/mol. The zero-order valence-electron chi connectivity index (χ0n) is 57.0. The fourth-order valence-electron chi connectivity index (χ4n) is 11.5. The minimum Gasteiger partial charge on any atom is -0.490 e. The maximum atomic E-state index is 13.0. The highest BCUT2D eigenvalue weighted by molar-refractivity contribution is 6.64. The first kappa shape index (κ1) is 68.4. The van der Waals surface area contributed by atoms with Crippen molar-refractivity contribution < 1.29 is 23.8 Å². The summed E-state index contributed by atoms with van der Waals surface area (Å²) in [6.45, 7) is 36.7. The number of para-hydroxylation sites is 4. The highest BCUT2D eigenvalue weighted by Crippen LogP contribution is 2.35. The van der Waals surface area contributed by atoms with Gasteiger partial charge in [0.05, 0.1) is 33.4 Å². The number of carbonyl (C=O) groups excluding carboxylic acids is 2. The Morgan fingerprint density at radius 3 is 1.32 bits per heavy atom. The number of nitrogens with one attached hydrogen (secondary N) is 3. The molecule has 7 N–H and O–H groups in total. The molecule has 0 unspecified atom stereocenters. The Bertz CT molecular complexity index is 4170. The molecular formula is C74H95ClN14O5. The Morgan fingerprint density at radius 1 is 0.500 bits per heavy atom. The first-order valence-electron chi connectivity index (χ1n) is 32.9. The largest absolute Gasteiger partial charge is 0.490 e. The van der Waals surface area contributed by atoms with E-state index in [0.29, 0.717) is 35.9 Å². The molecule has 19 nitrogen and oxygen atoms in total. The maximum Gasteiger partial charge on any atom is 0.239 e. The summed E-state index contributed by atoms with van der Waals surface area (Å²) < 4.78 is 18.7. The number of anilines is 4. The Morgan fingerprint density at radius 2 is 0.915 bits per heavy atom. The highest BCUT2D eigenvalue weighted by atomic mass is 35.5. The summed E-state index contributed by atoms with van der Waals surface area (Å²) in [5.41, 5.74) is 25.6. The van der Waals surface area contributed by atoms with Gasteiger partial charge < -0.3 is 50.4 Å². The van der Waals surface area contributed by atoms with Gasteiger partial charge in [0.1, 0.15) is 58.4 Å². The van der Waals surface area contributed by atoms with Crippen molar-refractivity contribution >= 4 is 90.2 Å². The van der Waals surface area contributed by atoms with Crippen molar-refractivity contribution in [2.75, 3.05) is 113 Å². The number of hydrogen-bond donors (Lipinski definition) is 5. The Hall–Kier alpha value is -8.49. The standard InChI is InChI=1S/C35H43N7O2.C30H35N7O.C5H9ClO.C4H8O/c1-34(2,3)24-15-13-23(14-16-24)31-37-25-9-7-10-26(29(25)38-31)41-19-17-40(18-20-41)21-22-44-28-12-8-11-27-30(28)39-33(36)42(27)32(43)35(4,5)6;1-30(2,3)21-12-10-20(11-13-21)28-32-22-6-4-8-24(26(22)34-28)37-16-14-36(15-17-37)18-19-38-25-9-5-7-23-27(25)35-29(31)33-23;1-5(2,3)4(6)7;1-2-4-5-3-1/h7-16H,17-22H2,1-6H3,(H2,36,39)(H,37,38);4-13H,14-19H2,1-3H3,(H,32,34)(H3,31,33,35);1-3H3;1-4H2. The lowest BCUT2D eigenvalue weighted by Crippen LogP contribution is -2.47. The summed E-state index contributed by atoms with van der Waals surface area (Å²) in [7, 11) is 0. The number of ether oxygens (including phenoxy) is 3. The van der Waals surface area contributed by atoms with Gasteiger partial charge in [-0.05, 0) is 94.9 Å². The van der Waals surface area contributed by atoms with E-state index in [1.165, 1.54) is 34.2 Å². The van der Waals surface area contributed by atoms with Crippen LogP contribution >= 0.6 is 11.6 Å². The number of rotatable bonds is 12. The van der Waals surface area contributed by atoms with Crippen LogP contribution < -0.4 is 30.7 Å². The predicted octanol–water partition coefficient (Wildman–Crippen LogP) is 14.1. The number of hydrogen-bond acceptors (Lipinski definition) is 15. The van der Waals surface area contributed by atoms with E-state index >= 15 is 0 Å². The molecule has 0 atom stereocenters. The van der Waals surface area contributed by atoms with Crippen LogP contribution in [0.1, 0.15) is 112 Å². The van der Waals surface area contributed by atoms with Crippen molar-refractivity contribution in [2.24, 2.45) is 10.8 Å². The average molecular weight is 1300 g/mol. The minimum atomic E-state index is -0.579. The smallest absolute Gasteiger partial charge is 0.239 e. The molecule has 0 aliphatic carbocycles. The molecule has 6 aromatic carbocycles. The van der Waals surface area contributed by atoms with E-state index in [9.17, 15) is 9.59 Å². The molecule has 20 heteroatoms. The fraction of sp³-hybridized carbons (Fsp3) is 0.432. The van der Waals surface area contributed by atoms with Gasteiger partial charge in [0.25, 0.3) is 0 Å². The van der Waals surface area contributed by atoms with Crippen molar-refractivity contribution in [2.45, 2.75) is 107 Å². The lowest BCUT2D eigenvalue weighted by atomic mass is 9.87.